The van der Waals surface area contributed by atoms with E-state index in [0.717, 1.165) is 25.0 Å². The Bertz CT molecular complexity index is 418. The van der Waals surface area contributed by atoms with E-state index in [1.807, 2.05) is 6.92 Å². The molecule has 1 aliphatic carbocycles. The molecule has 0 aromatic rings. The van der Waals surface area contributed by atoms with E-state index in [-0.39, 0.29) is 6.10 Å². The molecule has 0 spiro atoms. The molecule has 0 fully saturated rings. The predicted octanol–water partition coefficient (Wildman–Crippen LogP) is 6.88. The molecular weight excluding hydrogens is 320 g/mol. The van der Waals surface area contributed by atoms with E-state index < -0.39 is 0 Å². The van der Waals surface area contributed by atoms with Crippen molar-refractivity contribution in [3.8, 4) is 0 Å². The number of carbonyl (C=O) groups is 1. The normalized spacial score (nSPS) is 21.0. The van der Waals surface area contributed by atoms with Gasteiger partial charge in [0.25, 0.3) is 0 Å². The second-order valence-electron chi connectivity index (χ2n) is 8.55. The highest BCUT2D eigenvalue weighted by molar-refractivity contribution is 5.49. The number of unbranched alkanes of at least 4 members (excludes halogenated alkanes) is 4. The zero-order valence-corrected chi connectivity index (χ0v) is 18.3. The number of hydrogen-bond donors (Lipinski definition) is 1. The molecule has 1 rings (SSSR count). The van der Waals surface area contributed by atoms with Gasteiger partial charge in [-0.1, -0.05) is 64.3 Å². The van der Waals surface area contributed by atoms with E-state index in [9.17, 15) is 9.90 Å². The van der Waals surface area contributed by atoms with Gasteiger partial charge in [0.2, 0.25) is 0 Å². The van der Waals surface area contributed by atoms with Crippen molar-refractivity contribution in [2.24, 2.45) is 17.3 Å². The number of carbonyl (C=O) groups excluding carboxylic acids is 1. The van der Waals surface area contributed by atoms with Crippen molar-refractivity contribution < 1.29 is 9.90 Å². The van der Waals surface area contributed by atoms with Gasteiger partial charge < -0.3 is 9.90 Å². The smallest absolute Gasteiger partial charge is 0.120 e. The first-order chi connectivity index (χ1) is 12.3. The standard InChI is InChI=1S/C14H26O.C10H18O/c1-10(12(3)15)6-8-13-9-7-11(2)14(13,4)5;1-2-3-4-5-6-7-8-9-10-11/h7,10,12-13,15H,6,8-9H2,1-5H3;6-7,10H,2-5,8-9H2,1H3. The third kappa shape index (κ3) is 10.3. The largest absolute Gasteiger partial charge is 0.393 e. The van der Waals surface area contributed by atoms with Gasteiger partial charge in [-0.3, -0.25) is 0 Å². The van der Waals surface area contributed by atoms with Crippen LogP contribution >= 0.6 is 0 Å². The van der Waals surface area contributed by atoms with E-state index in [0.29, 0.717) is 17.8 Å². The van der Waals surface area contributed by atoms with Crippen LogP contribution in [0, 0.1) is 17.3 Å². The second kappa shape index (κ2) is 14.2. The Morgan fingerprint density at radius 2 is 1.85 bits per heavy atom. The molecule has 0 bridgehead atoms. The summed E-state index contributed by atoms with van der Waals surface area (Å²) in [7, 11) is 0. The average Bonchev–Trinajstić information content (AvgIpc) is 2.85. The van der Waals surface area contributed by atoms with Crippen molar-refractivity contribution in [2.75, 3.05) is 0 Å². The third-order valence-electron chi connectivity index (χ3n) is 6.13. The molecule has 26 heavy (non-hydrogen) atoms. The van der Waals surface area contributed by atoms with Crippen LogP contribution in [0.5, 0.6) is 0 Å². The van der Waals surface area contributed by atoms with Gasteiger partial charge in [0, 0.05) is 6.42 Å². The van der Waals surface area contributed by atoms with Crippen LogP contribution in [0.25, 0.3) is 0 Å². The Morgan fingerprint density at radius 1 is 1.19 bits per heavy atom. The highest BCUT2D eigenvalue weighted by atomic mass is 16.3. The highest BCUT2D eigenvalue weighted by Gasteiger charge is 2.34. The molecule has 152 valence electrons. The van der Waals surface area contributed by atoms with E-state index in [1.165, 1.54) is 44.1 Å². The van der Waals surface area contributed by atoms with E-state index in [1.54, 1.807) is 0 Å². The van der Waals surface area contributed by atoms with Crippen LogP contribution in [0.4, 0.5) is 0 Å². The maximum absolute atomic E-state index is 9.91. The Morgan fingerprint density at radius 3 is 2.35 bits per heavy atom. The minimum Gasteiger partial charge on any atom is -0.393 e. The van der Waals surface area contributed by atoms with Gasteiger partial charge in [-0.2, -0.15) is 0 Å². The van der Waals surface area contributed by atoms with Gasteiger partial charge in [-0.25, -0.2) is 0 Å². The first-order valence-corrected chi connectivity index (χ1v) is 10.7. The van der Waals surface area contributed by atoms with Crippen molar-refractivity contribution in [1.29, 1.82) is 0 Å². The Hall–Kier alpha value is -0.890. The number of rotatable bonds is 11. The van der Waals surface area contributed by atoms with Gasteiger partial charge >= 0.3 is 0 Å². The molecule has 1 N–H and O–H groups in total. The van der Waals surface area contributed by atoms with Crippen molar-refractivity contribution in [1.82, 2.24) is 0 Å². The minimum absolute atomic E-state index is 0.163. The summed E-state index contributed by atoms with van der Waals surface area (Å²) in [5.41, 5.74) is 1.91. The number of hydrogen-bond acceptors (Lipinski definition) is 2. The quantitative estimate of drug-likeness (QED) is 0.246. The van der Waals surface area contributed by atoms with Crippen LogP contribution in [-0.4, -0.2) is 17.5 Å². The van der Waals surface area contributed by atoms with Gasteiger partial charge in [0.1, 0.15) is 6.29 Å². The lowest BCUT2D eigenvalue weighted by Crippen LogP contribution is -2.22. The molecule has 0 saturated heterocycles. The molecule has 0 amide bonds. The van der Waals surface area contributed by atoms with E-state index in [2.05, 4.69) is 52.8 Å². The number of aliphatic hydroxyl groups excluding tert-OH is 1. The Kier molecular flexibility index (Phi) is 13.7. The Labute approximate surface area is 163 Å². The van der Waals surface area contributed by atoms with E-state index >= 15 is 0 Å². The number of aldehydes is 1. The minimum atomic E-state index is -0.163. The fourth-order valence-electron chi connectivity index (χ4n) is 3.29. The van der Waals surface area contributed by atoms with Crippen LogP contribution in [0.3, 0.4) is 0 Å². The van der Waals surface area contributed by atoms with Gasteiger partial charge in [-0.15, -0.1) is 0 Å². The predicted molar refractivity (Wildman–Crippen MR) is 114 cm³/mol. The van der Waals surface area contributed by atoms with Crippen molar-refractivity contribution in [2.45, 2.75) is 105 Å². The summed E-state index contributed by atoms with van der Waals surface area (Å²) in [6.07, 6.45) is 17.7. The summed E-state index contributed by atoms with van der Waals surface area (Å²) in [5, 5.41) is 9.46. The van der Waals surface area contributed by atoms with Crippen LogP contribution < -0.4 is 0 Å². The molecule has 2 nitrogen and oxygen atoms in total. The molecular formula is C24H44O2. The molecule has 0 radical (unpaired) electrons. The Balaban J connectivity index is 0.000000508. The monoisotopic (exact) mass is 364 g/mol. The summed E-state index contributed by atoms with van der Waals surface area (Å²) in [6.45, 7) is 13.2. The van der Waals surface area contributed by atoms with Gasteiger partial charge in [-0.05, 0) is 69.6 Å². The summed E-state index contributed by atoms with van der Waals surface area (Å²) in [5.74, 6) is 1.21. The van der Waals surface area contributed by atoms with E-state index in [4.69, 9.17) is 0 Å². The first-order valence-electron chi connectivity index (χ1n) is 10.7. The molecule has 0 heterocycles. The van der Waals surface area contributed by atoms with Crippen LogP contribution in [-0.2, 0) is 4.79 Å². The summed E-state index contributed by atoms with van der Waals surface area (Å²) >= 11 is 0. The summed E-state index contributed by atoms with van der Waals surface area (Å²) in [4.78, 5) is 9.91. The summed E-state index contributed by atoms with van der Waals surface area (Å²) in [6, 6.07) is 0. The topological polar surface area (TPSA) is 37.3 Å². The SMILES string of the molecule is CC1=CCC(CCC(C)C(C)O)C1(C)C.CCCCCC=CCCC=O. The highest BCUT2D eigenvalue weighted by Crippen LogP contribution is 2.45. The van der Waals surface area contributed by atoms with Crippen LogP contribution in [0.2, 0.25) is 0 Å². The zero-order valence-electron chi connectivity index (χ0n) is 18.3. The zero-order chi connectivity index (χ0) is 20.0. The fourth-order valence-corrected chi connectivity index (χ4v) is 3.29. The molecule has 0 aliphatic heterocycles. The van der Waals surface area contributed by atoms with Crippen LogP contribution in [0.1, 0.15) is 99.3 Å². The van der Waals surface area contributed by atoms with Crippen molar-refractivity contribution >= 4 is 6.29 Å². The van der Waals surface area contributed by atoms with Crippen molar-refractivity contribution in [3.63, 3.8) is 0 Å². The number of aliphatic hydroxyl groups is 1. The first kappa shape index (κ1) is 25.1. The maximum atomic E-state index is 9.91. The molecule has 2 heteroatoms. The number of allylic oxidation sites excluding steroid dienone is 4. The van der Waals surface area contributed by atoms with Gasteiger partial charge in [0.15, 0.2) is 0 Å². The lowest BCUT2D eigenvalue weighted by molar-refractivity contribution is -0.107. The van der Waals surface area contributed by atoms with Crippen LogP contribution in [0.15, 0.2) is 23.8 Å². The molecule has 0 aromatic heterocycles. The molecule has 0 saturated carbocycles. The molecule has 3 unspecified atom stereocenters. The maximum Gasteiger partial charge on any atom is 0.120 e. The van der Waals surface area contributed by atoms with Gasteiger partial charge in [0.05, 0.1) is 6.10 Å². The fraction of sp³-hybridized carbons (Fsp3) is 0.792. The summed E-state index contributed by atoms with van der Waals surface area (Å²) < 4.78 is 0. The second-order valence-corrected chi connectivity index (χ2v) is 8.55. The third-order valence-corrected chi connectivity index (χ3v) is 6.13. The molecule has 3 atom stereocenters. The molecule has 0 aromatic carbocycles. The molecule has 1 aliphatic rings. The van der Waals surface area contributed by atoms with Crippen molar-refractivity contribution in [3.05, 3.63) is 23.8 Å². The lowest BCUT2D eigenvalue weighted by Gasteiger charge is -2.30. The lowest BCUT2D eigenvalue weighted by atomic mass is 9.74. The average molecular weight is 365 g/mol.